The van der Waals surface area contributed by atoms with Crippen LogP contribution in [0.3, 0.4) is 0 Å². The molecular formula is C9H9ClN2OS. The van der Waals surface area contributed by atoms with Crippen molar-refractivity contribution in [1.82, 2.24) is 9.55 Å². The van der Waals surface area contributed by atoms with E-state index in [0.717, 1.165) is 11.0 Å². The highest BCUT2D eigenvalue weighted by Gasteiger charge is 2.07. The number of imidazole rings is 1. The minimum absolute atomic E-state index is 0.441. The number of hydrogen-bond acceptors (Lipinski definition) is 3. The number of fused-ring (bicyclic) bond motifs is 1. The monoisotopic (exact) mass is 228 g/mol. The zero-order chi connectivity index (χ0) is 10.1. The average Bonchev–Trinajstić information content (AvgIpc) is 2.43. The Morgan fingerprint density at radius 1 is 1.57 bits per heavy atom. The molecule has 0 unspecified atom stereocenters. The van der Waals surface area contributed by atoms with Gasteiger partial charge in [-0.25, -0.2) is 4.98 Å². The summed E-state index contributed by atoms with van der Waals surface area (Å²) in [6.07, 6.45) is 0. The molecule has 1 aromatic heterocycles. The van der Waals surface area contributed by atoms with E-state index in [9.17, 15) is 0 Å². The van der Waals surface area contributed by atoms with Crippen LogP contribution in [0.1, 0.15) is 0 Å². The molecule has 0 bridgehead atoms. The van der Waals surface area contributed by atoms with Crippen molar-refractivity contribution in [2.45, 2.75) is 11.9 Å². The highest BCUT2D eigenvalue weighted by molar-refractivity contribution is 7.80. The Labute approximate surface area is 92.1 Å². The Balaban J connectivity index is 2.64. The van der Waals surface area contributed by atoms with Gasteiger partial charge in [0, 0.05) is 12.1 Å². The molecule has 14 heavy (non-hydrogen) atoms. The lowest BCUT2D eigenvalue weighted by atomic mass is 10.3. The fourth-order valence-corrected chi connectivity index (χ4v) is 1.79. The van der Waals surface area contributed by atoms with Crippen LogP contribution in [-0.2, 0) is 11.5 Å². The molecule has 3 nitrogen and oxygen atoms in total. The molecule has 5 heteroatoms. The van der Waals surface area contributed by atoms with Gasteiger partial charge in [0.2, 0.25) is 0 Å². The lowest BCUT2D eigenvalue weighted by Gasteiger charge is -2.03. The van der Waals surface area contributed by atoms with Gasteiger partial charge in [-0.15, -0.1) is 12.6 Å². The minimum Gasteiger partial charge on any atom is -0.364 e. The number of hydrogen-bond donors (Lipinski definition) is 1. The van der Waals surface area contributed by atoms with Gasteiger partial charge in [0.25, 0.3) is 0 Å². The zero-order valence-electron chi connectivity index (χ0n) is 7.57. The molecule has 0 N–H and O–H groups in total. The summed E-state index contributed by atoms with van der Waals surface area (Å²) in [5, 5.41) is 1.30. The summed E-state index contributed by atoms with van der Waals surface area (Å²) in [6, 6.07) is 5.54. The highest BCUT2D eigenvalue weighted by Crippen LogP contribution is 2.21. The number of rotatable bonds is 2. The van der Waals surface area contributed by atoms with Gasteiger partial charge >= 0.3 is 0 Å². The third-order valence-electron chi connectivity index (χ3n) is 1.95. The number of thiol groups is 1. The molecule has 0 amide bonds. The van der Waals surface area contributed by atoms with Crippen LogP contribution in [0.25, 0.3) is 11.0 Å². The fraction of sp³-hybridized carbons (Fsp3) is 0.222. The van der Waals surface area contributed by atoms with Gasteiger partial charge in [-0.05, 0) is 18.2 Å². The lowest BCUT2D eigenvalue weighted by Crippen LogP contribution is -1.99. The number of halogens is 1. The van der Waals surface area contributed by atoms with Gasteiger partial charge in [-0.2, -0.15) is 0 Å². The smallest absolute Gasteiger partial charge is 0.167 e. The molecule has 0 saturated carbocycles. The Bertz CT molecular complexity index is 469. The number of ether oxygens (including phenoxy) is 1. The molecule has 0 spiro atoms. The molecule has 0 fully saturated rings. The molecular weight excluding hydrogens is 220 g/mol. The summed E-state index contributed by atoms with van der Waals surface area (Å²) < 4.78 is 6.92. The van der Waals surface area contributed by atoms with E-state index in [1.165, 1.54) is 0 Å². The maximum Gasteiger partial charge on any atom is 0.167 e. The first-order valence-electron chi connectivity index (χ1n) is 4.06. The third kappa shape index (κ3) is 1.61. The van der Waals surface area contributed by atoms with Crippen molar-refractivity contribution in [3.8, 4) is 0 Å². The molecule has 1 aromatic carbocycles. The molecule has 2 rings (SSSR count). The molecule has 0 aliphatic carbocycles. The number of methoxy groups -OCH3 is 1. The first kappa shape index (κ1) is 9.83. The average molecular weight is 229 g/mol. The van der Waals surface area contributed by atoms with E-state index in [2.05, 4.69) is 17.6 Å². The highest BCUT2D eigenvalue weighted by atomic mass is 35.5. The summed E-state index contributed by atoms with van der Waals surface area (Å²) in [5.41, 5.74) is 1.81. The second-order valence-corrected chi connectivity index (χ2v) is 3.73. The normalized spacial score (nSPS) is 11.1. The quantitative estimate of drug-likeness (QED) is 0.800. The molecule has 0 radical (unpaired) electrons. The SMILES string of the molecule is COCn1c(S)nc2cc(Cl)ccc21. The predicted molar refractivity (Wildman–Crippen MR) is 59.0 cm³/mol. The molecule has 0 aliphatic rings. The van der Waals surface area contributed by atoms with Crippen molar-refractivity contribution in [2.24, 2.45) is 0 Å². The minimum atomic E-state index is 0.441. The van der Waals surface area contributed by atoms with Crippen LogP contribution in [0.4, 0.5) is 0 Å². The van der Waals surface area contributed by atoms with Gasteiger partial charge < -0.3 is 4.74 Å². The van der Waals surface area contributed by atoms with Gasteiger partial charge in [0.05, 0.1) is 11.0 Å². The van der Waals surface area contributed by atoms with Crippen LogP contribution >= 0.6 is 24.2 Å². The molecule has 2 aromatic rings. The molecule has 0 aliphatic heterocycles. The molecule has 0 saturated heterocycles. The summed E-state index contributed by atoms with van der Waals surface area (Å²) in [7, 11) is 1.63. The van der Waals surface area contributed by atoms with Gasteiger partial charge in [0.1, 0.15) is 6.73 Å². The Kier molecular flexibility index (Phi) is 2.67. The first-order chi connectivity index (χ1) is 6.72. The molecule has 1 heterocycles. The maximum absolute atomic E-state index is 5.85. The Hall–Kier alpha value is -0.710. The second-order valence-electron chi connectivity index (χ2n) is 2.89. The van der Waals surface area contributed by atoms with Crippen LogP contribution in [-0.4, -0.2) is 16.7 Å². The van der Waals surface area contributed by atoms with E-state index < -0.39 is 0 Å². The Morgan fingerprint density at radius 3 is 3.07 bits per heavy atom. The number of nitrogens with zero attached hydrogens (tertiary/aromatic N) is 2. The van der Waals surface area contributed by atoms with Crippen LogP contribution in [0.15, 0.2) is 23.4 Å². The van der Waals surface area contributed by atoms with Crippen molar-refractivity contribution in [3.05, 3.63) is 23.2 Å². The van der Waals surface area contributed by atoms with E-state index in [-0.39, 0.29) is 0 Å². The van der Waals surface area contributed by atoms with Crippen molar-refractivity contribution in [1.29, 1.82) is 0 Å². The number of aromatic nitrogens is 2. The van der Waals surface area contributed by atoms with Gasteiger partial charge in [0.15, 0.2) is 5.16 Å². The first-order valence-corrected chi connectivity index (χ1v) is 4.88. The predicted octanol–water partition coefficient (Wildman–Crippen LogP) is 2.58. The summed E-state index contributed by atoms with van der Waals surface area (Å²) in [4.78, 5) is 4.26. The largest absolute Gasteiger partial charge is 0.364 e. The zero-order valence-corrected chi connectivity index (χ0v) is 9.22. The van der Waals surface area contributed by atoms with Crippen molar-refractivity contribution in [3.63, 3.8) is 0 Å². The standard InChI is InChI=1S/C9H9ClN2OS/c1-13-5-12-8-3-2-6(10)4-7(8)11-9(12)14/h2-4H,5H2,1H3,(H,11,14). The van der Waals surface area contributed by atoms with Crippen molar-refractivity contribution < 1.29 is 4.74 Å². The van der Waals surface area contributed by atoms with E-state index in [4.69, 9.17) is 16.3 Å². The lowest BCUT2D eigenvalue weighted by molar-refractivity contribution is 0.127. The fourth-order valence-electron chi connectivity index (χ4n) is 1.35. The third-order valence-corrected chi connectivity index (χ3v) is 2.52. The maximum atomic E-state index is 5.85. The van der Waals surface area contributed by atoms with E-state index >= 15 is 0 Å². The van der Waals surface area contributed by atoms with Crippen LogP contribution in [0.2, 0.25) is 5.02 Å². The van der Waals surface area contributed by atoms with Gasteiger partial charge in [-0.1, -0.05) is 11.6 Å². The topological polar surface area (TPSA) is 27.1 Å². The summed E-state index contributed by atoms with van der Waals surface area (Å²) >= 11 is 10.1. The van der Waals surface area contributed by atoms with Crippen LogP contribution < -0.4 is 0 Å². The van der Waals surface area contributed by atoms with Gasteiger partial charge in [-0.3, -0.25) is 4.57 Å². The van der Waals surface area contributed by atoms with E-state index in [1.54, 1.807) is 7.11 Å². The van der Waals surface area contributed by atoms with E-state index in [0.29, 0.717) is 16.9 Å². The summed E-state index contributed by atoms with van der Waals surface area (Å²) in [6.45, 7) is 0.441. The van der Waals surface area contributed by atoms with Crippen LogP contribution in [0.5, 0.6) is 0 Å². The number of benzene rings is 1. The second kappa shape index (κ2) is 3.81. The Morgan fingerprint density at radius 2 is 2.36 bits per heavy atom. The summed E-state index contributed by atoms with van der Waals surface area (Å²) in [5.74, 6) is 0. The van der Waals surface area contributed by atoms with Crippen molar-refractivity contribution >= 4 is 35.3 Å². The molecule has 74 valence electrons. The van der Waals surface area contributed by atoms with E-state index in [1.807, 2.05) is 22.8 Å². The van der Waals surface area contributed by atoms with Crippen LogP contribution in [0, 0.1) is 0 Å². The van der Waals surface area contributed by atoms with Crippen molar-refractivity contribution in [2.75, 3.05) is 7.11 Å². The molecule has 0 atom stereocenters.